The monoisotopic (exact) mass is 355 g/mol. The number of H-pyrrole nitrogens is 1. The van der Waals surface area contributed by atoms with E-state index in [1.807, 2.05) is 0 Å². The van der Waals surface area contributed by atoms with Gasteiger partial charge in [-0.3, -0.25) is 9.59 Å². The fraction of sp³-hybridized carbons (Fsp3) is 0.312. The Morgan fingerprint density at radius 3 is 2.28 bits per heavy atom. The zero-order valence-corrected chi connectivity index (χ0v) is 13.4. The smallest absolute Gasteiger partial charge is 0.394 e. The maximum Gasteiger partial charge on any atom is 0.416 e. The number of carbonyl (C=O) groups is 1. The molecule has 0 bridgehead atoms. The van der Waals surface area contributed by atoms with Gasteiger partial charge >= 0.3 is 6.18 Å². The highest BCUT2D eigenvalue weighted by Crippen LogP contribution is 2.31. The van der Waals surface area contributed by atoms with Crippen LogP contribution in [0.1, 0.15) is 34.4 Å². The van der Waals surface area contributed by atoms with Crippen molar-refractivity contribution < 1.29 is 23.1 Å². The number of halogens is 3. The number of rotatable bonds is 4. The van der Waals surface area contributed by atoms with E-state index in [2.05, 4.69) is 15.3 Å². The fourth-order valence-electron chi connectivity index (χ4n) is 2.24. The van der Waals surface area contributed by atoms with Gasteiger partial charge in [0.2, 0.25) is 0 Å². The third kappa shape index (κ3) is 4.24. The minimum absolute atomic E-state index is 0.159. The second kappa shape index (κ2) is 6.67. The Kier molecular flexibility index (Phi) is 4.98. The molecule has 0 aliphatic rings. The lowest BCUT2D eigenvalue weighted by molar-refractivity contribution is -0.137. The van der Waals surface area contributed by atoms with Crippen LogP contribution in [-0.4, -0.2) is 27.6 Å². The van der Waals surface area contributed by atoms with Gasteiger partial charge in [0, 0.05) is 6.07 Å². The number of alkyl halides is 3. The summed E-state index contributed by atoms with van der Waals surface area (Å²) in [5.41, 5.74) is -2.59. The second-order valence-corrected chi connectivity index (χ2v) is 5.74. The van der Waals surface area contributed by atoms with Crippen molar-refractivity contribution >= 4 is 5.91 Å². The van der Waals surface area contributed by atoms with E-state index < -0.39 is 35.4 Å². The number of aliphatic hydroxyl groups is 1. The molecular formula is C16H16F3N3O3. The van der Waals surface area contributed by atoms with Crippen LogP contribution >= 0.6 is 0 Å². The molecule has 9 heteroatoms. The van der Waals surface area contributed by atoms with Crippen LogP contribution in [0.5, 0.6) is 0 Å². The van der Waals surface area contributed by atoms with E-state index in [4.69, 9.17) is 0 Å². The molecule has 0 aliphatic heterocycles. The molecular weight excluding hydrogens is 339 g/mol. The van der Waals surface area contributed by atoms with Crippen molar-refractivity contribution in [1.82, 2.24) is 15.3 Å². The highest BCUT2D eigenvalue weighted by atomic mass is 19.4. The maximum absolute atomic E-state index is 12.6. The number of carbonyl (C=O) groups excluding carboxylic acids is 1. The summed E-state index contributed by atoms with van der Waals surface area (Å²) in [5, 5.41) is 12.2. The van der Waals surface area contributed by atoms with Crippen LogP contribution in [0.3, 0.4) is 0 Å². The number of aliphatic hydroxyl groups excluding tert-OH is 1. The number of aryl methyl sites for hydroxylation is 1. The number of hydrogen-bond donors (Lipinski definition) is 3. The Morgan fingerprint density at radius 2 is 1.80 bits per heavy atom. The van der Waals surface area contributed by atoms with Gasteiger partial charge in [0.05, 0.1) is 17.7 Å². The van der Waals surface area contributed by atoms with Gasteiger partial charge in [-0.25, -0.2) is 4.98 Å². The molecule has 0 radical (unpaired) electrons. The molecule has 1 aromatic heterocycles. The Hall–Kier alpha value is -2.68. The summed E-state index contributed by atoms with van der Waals surface area (Å²) in [4.78, 5) is 30.0. The maximum atomic E-state index is 12.6. The molecule has 2 rings (SSSR count). The summed E-state index contributed by atoms with van der Waals surface area (Å²) >= 11 is 0. The SMILES string of the molecule is Cc1nc(C(=O)N[C@@](C)(CO)c2ccc(C(F)(F)F)cc2)cc(=O)[nH]1. The summed E-state index contributed by atoms with van der Waals surface area (Å²) in [6.07, 6.45) is -4.48. The molecule has 0 saturated heterocycles. The van der Waals surface area contributed by atoms with Crippen LogP contribution in [0.2, 0.25) is 0 Å². The lowest BCUT2D eigenvalue weighted by Crippen LogP contribution is -2.46. The molecule has 1 heterocycles. The van der Waals surface area contributed by atoms with Gasteiger partial charge in [-0.2, -0.15) is 13.2 Å². The van der Waals surface area contributed by atoms with Gasteiger partial charge in [0.15, 0.2) is 0 Å². The van der Waals surface area contributed by atoms with Gasteiger partial charge in [0.1, 0.15) is 11.5 Å². The van der Waals surface area contributed by atoms with Gasteiger partial charge in [-0.05, 0) is 31.5 Å². The molecule has 2 aromatic rings. The molecule has 1 aromatic carbocycles. The first kappa shape index (κ1) is 18.7. The lowest BCUT2D eigenvalue weighted by atomic mass is 9.91. The van der Waals surface area contributed by atoms with Crippen molar-refractivity contribution in [2.24, 2.45) is 0 Å². The fourth-order valence-corrected chi connectivity index (χ4v) is 2.24. The minimum atomic E-state index is -4.48. The number of aromatic amines is 1. The molecule has 25 heavy (non-hydrogen) atoms. The van der Waals surface area contributed by atoms with Crippen molar-refractivity contribution in [3.8, 4) is 0 Å². The predicted molar refractivity (Wildman–Crippen MR) is 82.9 cm³/mol. The van der Waals surface area contributed by atoms with Crippen LogP contribution in [0.4, 0.5) is 13.2 Å². The van der Waals surface area contributed by atoms with E-state index in [9.17, 15) is 27.9 Å². The molecule has 0 spiro atoms. The van der Waals surface area contributed by atoms with E-state index in [0.717, 1.165) is 18.2 Å². The molecule has 1 amide bonds. The molecule has 134 valence electrons. The zero-order valence-electron chi connectivity index (χ0n) is 13.4. The summed E-state index contributed by atoms with van der Waals surface area (Å²) in [6.45, 7) is 2.39. The highest BCUT2D eigenvalue weighted by Gasteiger charge is 2.33. The van der Waals surface area contributed by atoms with Crippen LogP contribution < -0.4 is 10.9 Å². The van der Waals surface area contributed by atoms with Crippen molar-refractivity contribution in [3.05, 3.63) is 63.3 Å². The Bertz CT molecular complexity index is 831. The normalized spacial score (nSPS) is 14.0. The number of nitrogens with one attached hydrogen (secondary N) is 2. The first-order chi connectivity index (χ1) is 11.5. The summed E-state index contributed by atoms with van der Waals surface area (Å²) in [5.74, 6) is -0.497. The van der Waals surface area contributed by atoms with Crippen molar-refractivity contribution in [2.75, 3.05) is 6.61 Å². The lowest BCUT2D eigenvalue weighted by Gasteiger charge is -2.29. The van der Waals surface area contributed by atoms with Crippen molar-refractivity contribution in [2.45, 2.75) is 25.6 Å². The summed E-state index contributed by atoms with van der Waals surface area (Å²) in [7, 11) is 0. The molecule has 0 unspecified atom stereocenters. The minimum Gasteiger partial charge on any atom is -0.394 e. The third-order valence-corrected chi connectivity index (χ3v) is 3.65. The Morgan fingerprint density at radius 1 is 1.24 bits per heavy atom. The van der Waals surface area contributed by atoms with E-state index in [1.54, 1.807) is 0 Å². The Labute approximate surface area is 140 Å². The topological polar surface area (TPSA) is 95.1 Å². The average Bonchev–Trinajstić information content (AvgIpc) is 2.53. The first-order valence-corrected chi connectivity index (χ1v) is 7.24. The van der Waals surface area contributed by atoms with E-state index >= 15 is 0 Å². The molecule has 6 nitrogen and oxygen atoms in total. The quantitative estimate of drug-likeness (QED) is 0.778. The molecule has 0 saturated carbocycles. The predicted octanol–water partition coefficient (Wildman–Crippen LogP) is 1.73. The van der Waals surface area contributed by atoms with Crippen LogP contribution in [0, 0.1) is 6.92 Å². The van der Waals surface area contributed by atoms with E-state index in [0.29, 0.717) is 0 Å². The summed E-state index contributed by atoms with van der Waals surface area (Å²) in [6, 6.07) is 5.08. The number of benzene rings is 1. The van der Waals surface area contributed by atoms with Gasteiger partial charge < -0.3 is 15.4 Å². The van der Waals surface area contributed by atoms with E-state index in [1.165, 1.54) is 26.0 Å². The van der Waals surface area contributed by atoms with E-state index in [-0.39, 0.29) is 17.1 Å². The number of aromatic nitrogens is 2. The van der Waals surface area contributed by atoms with Crippen LogP contribution in [0.15, 0.2) is 35.1 Å². The average molecular weight is 355 g/mol. The molecule has 1 atom stereocenters. The zero-order chi connectivity index (χ0) is 18.8. The number of hydrogen-bond acceptors (Lipinski definition) is 4. The highest BCUT2D eigenvalue weighted by molar-refractivity contribution is 5.92. The Balaban J connectivity index is 2.30. The summed E-state index contributed by atoms with van der Waals surface area (Å²) < 4.78 is 37.9. The van der Waals surface area contributed by atoms with Gasteiger partial charge in [-0.1, -0.05) is 12.1 Å². The standard InChI is InChI=1S/C16H16F3N3O3/c1-9-20-12(7-13(24)21-9)14(25)22-15(2,8-23)10-3-5-11(6-4-10)16(17,18)19/h3-7,23H,8H2,1-2H3,(H,22,25)(H,20,21,24)/t15-/m0/s1. The molecule has 0 fully saturated rings. The first-order valence-electron chi connectivity index (χ1n) is 7.24. The third-order valence-electron chi connectivity index (χ3n) is 3.65. The molecule has 3 N–H and O–H groups in total. The largest absolute Gasteiger partial charge is 0.416 e. The van der Waals surface area contributed by atoms with Gasteiger partial charge in [-0.15, -0.1) is 0 Å². The number of amides is 1. The van der Waals surface area contributed by atoms with Crippen LogP contribution in [0.25, 0.3) is 0 Å². The van der Waals surface area contributed by atoms with Crippen molar-refractivity contribution in [3.63, 3.8) is 0 Å². The number of nitrogens with zero attached hydrogens (tertiary/aromatic N) is 1. The van der Waals surface area contributed by atoms with Crippen molar-refractivity contribution in [1.29, 1.82) is 0 Å². The van der Waals surface area contributed by atoms with Gasteiger partial charge in [0.25, 0.3) is 11.5 Å². The molecule has 0 aliphatic carbocycles. The second-order valence-electron chi connectivity index (χ2n) is 5.74. The van der Waals surface area contributed by atoms with Crippen LogP contribution in [-0.2, 0) is 11.7 Å².